The number of hydrogen-bond acceptors (Lipinski definition) is 3. The number of hydrogen-bond donors (Lipinski definition) is 1. The van der Waals surface area contributed by atoms with Crippen LogP contribution in [-0.4, -0.2) is 20.8 Å². The topological polar surface area (TPSA) is 50.2 Å². The molecule has 1 fully saturated rings. The number of nitrogens with one attached hydrogen (secondary N) is 1. The summed E-state index contributed by atoms with van der Waals surface area (Å²) in [6.07, 6.45) is 4.33. The maximum atomic E-state index is 12.9. The van der Waals surface area contributed by atoms with Crippen LogP contribution in [0.3, 0.4) is 0 Å². The molecule has 2 aromatic rings. The van der Waals surface area contributed by atoms with Gasteiger partial charge in [0.1, 0.15) is 5.70 Å². The number of carbonyl (C=O) groups is 1. The van der Waals surface area contributed by atoms with Crippen LogP contribution in [0.2, 0.25) is 0 Å². The van der Waals surface area contributed by atoms with Crippen molar-refractivity contribution in [2.45, 2.75) is 26.8 Å². The SMILES string of the molecule is CCc1ccccc1N1C(=O)/C(=C\c2c(Br)cnn2CC)NC1=S. The molecule has 1 aromatic heterocycles. The van der Waals surface area contributed by atoms with Crippen LogP contribution in [-0.2, 0) is 17.8 Å². The highest BCUT2D eigenvalue weighted by atomic mass is 79.9. The van der Waals surface area contributed by atoms with Gasteiger partial charge in [-0.1, -0.05) is 25.1 Å². The third-order valence-corrected chi connectivity index (χ3v) is 4.80. The summed E-state index contributed by atoms with van der Waals surface area (Å²) >= 11 is 8.86. The summed E-state index contributed by atoms with van der Waals surface area (Å²) in [5.74, 6) is -0.156. The van der Waals surface area contributed by atoms with Gasteiger partial charge in [-0.25, -0.2) is 0 Å². The number of para-hydroxylation sites is 1. The zero-order valence-corrected chi connectivity index (χ0v) is 15.8. The first kappa shape index (κ1) is 16.9. The van der Waals surface area contributed by atoms with Crippen molar-refractivity contribution in [2.24, 2.45) is 0 Å². The summed E-state index contributed by atoms with van der Waals surface area (Å²) in [7, 11) is 0. The van der Waals surface area contributed by atoms with Gasteiger partial charge in [0, 0.05) is 6.54 Å². The van der Waals surface area contributed by atoms with E-state index in [1.165, 1.54) is 0 Å². The third kappa shape index (κ3) is 2.89. The van der Waals surface area contributed by atoms with Gasteiger partial charge in [0.15, 0.2) is 5.11 Å². The summed E-state index contributed by atoms with van der Waals surface area (Å²) in [6.45, 7) is 4.77. The highest BCUT2D eigenvalue weighted by molar-refractivity contribution is 9.10. The molecule has 1 saturated heterocycles. The van der Waals surface area contributed by atoms with Crippen molar-refractivity contribution in [1.82, 2.24) is 15.1 Å². The molecule has 0 unspecified atom stereocenters. The normalized spacial score (nSPS) is 16.1. The zero-order chi connectivity index (χ0) is 17.3. The molecular weight excluding hydrogens is 388 g/mol. The smallest absolute Gasteiger partial charge is 0.281 e. The van der Waals surface area contributed by atoms with Crippen LogP contribution < -0.4 is 10.2 Å². The molecule has 1 amide bonds. The van der Waals surface area contributed by atoms with Crippen LogP contribution in [0.1, 0.15) is 25.1 Å². The second-order valence-corrected chi connectivity index (χ2v) is 6.55. The van der Waals surface area contributed by atoms with Gasteiger partial charge in [0.25, 0.3) is 5.91 Å². The Kier molecular flexibility index (Phi) is 4.82. The molecule has 1 aliphatic rings. The molecule has 1 aromatic carbocycles. The van der Waals surface area contributed by atoms with E-state index in [1.807, 2.05) is 35.9 Å². The zero-order valence-electron chi connectivity index (χ0n) is 13.4. The Balaban J connectivity index is 2.00. The maximum absolute atomic E-state index is 12.9. The van der Waals surface area contributed by atoms with Crippen molar-refractivity contribution in [3.63, 3.8) is 0 Å². The summed E-state index contributed by atoms with van der Waals surface area (Å²) in [6, 6.07) is 7.80. The van der Waals surface area contributed by atoms with E-state index in [2.05, 4.69) is 33.3 Å². The fourth-order valence-electron chi connectivity index (χ4n) is 2.69. The number of anilines is 1. The number of thiocarbonyl (C=S) groups is 1. The molecule has 3 rings (SSSR count). The summed E-state index contributed by atoms with van der Waals surface area (Å²) in [5, 5.41) is 7.69. The molecule has 0 bridgehead atoms. The van der Waals surface area contributed by atoms with Crippen molar-refractivity contribution in [1.29, 1.82) is 0 Å². The van der Waals surface area contributed by atoms with E-state index in [1.54, 1.807) is 17.2 Å². The molecule has 24 heavy (non-hydrogen) atoms. The molecule has 0 aliphatic carbocycles. The van der Waals surface area contributed by atoms with E-state index in [-0.39, 0.29) is 5.91 Å². The lowest BCUT2D eigenvalue weighted by Gasteiger charge is -2.17. The molecule has 2 heterocycles. The monoisotopic (exact) mass is 404 g/mol. The lowest BCUT2D eigenvalue weighted by atomic mass is 10.1. The molecule has 124 valence electrons. The second-order valence-electron chi connectivity index (χ2n) is 5.30. The Morgan fingerprint density at radius 3 is 2.79 bits per heavy atom. The van der Waals surface area contributed by atoms with Gasteiger partial charge in [0.05, 0.1) is 22.1 Å². The number of carbonyl (C=O) groups excluding carboxylic acids is 1. The van der Waals surface area contributed by atoms with Gasteiger partial charge in [-0.3, -0.25) is 14.4 Å². The van der Waals surface area contributed by atoms with Crippen LogP contribution in [0.4, 0.5) is 5.69 Å². The lowest BCUT2D eigenvalue weighted by Crippen LogP contribution is -2.31. The van der Waals surface area contributed by atoms with Gasteiger partial charge >= 0.3 is 0 Å². The first-order chi connectivity index (χ1) is 11.6. The molecule has 0 atom stereocenters. The van der Waals surface area contributed by atoms with E-state index in [9.17, 15) is 4.79 Å². The summed E-state index contributed by atoms with van der Waals surface area (Å²) < 4.78 is 2.65. The Labute approximate surface area is 154 Å². The fourth-order valence-corrected chi connectivity index (χ4v) is 3.39. The highest BCUT2D eigenvalue weighted by Gasteiger charge is 2.33. The predicted molar refractivity (Wildman–Crippen MR) is 103 cm³/mol. The number of benzene rings is 1. The average molecular weight is 405 g/mol. The van der Waals surface area contributed by atoms with Crippen LogP contribution in [0.5, 0.6) is 0 Å². The quantitative estimate of drug-likeness (QED) is 0.625. The standard InChI is InChI=1S/C17H17BrN4OS/c1-3-11-7-5-6-8-14(11)22-16(23)13(20-17(22)24)9-15-12(18)10-19-21(15)4-2/h5-10H,3-4H2,1-2H3,(H,20,24)/b13-9+. The van der Waals surface area contributed by atoms with Crippen LogP contribution in [0.15, 0.2) is 40.6 Å². The number of rotatable bonds is 4. The van der Waals surface area contributed by atoms with Gasteiger partial charge in [0.2, 0.25) is 0 Å². The molecule has 5 nitrogen and oxygen atoms in total. The van der Waals surface area contributed by atoms with E-state index in [0.717, 1.165) is 27.8 Å². The second kappa shape index (κ2) is 6.86. The van der Waals surface area contributed by atoms with E-state index >= 15 is 0 Å². The van der Waals surface area contributed by atoms with Crippen molar-refractivity contribution in [3.8, 4) is 0 Å². The first-order valence-electron chi connectivity index (χ1n) is 7.73. The van der Waals surface area contributed by atoms with Crippen molar-refractivity contribution >= 4 is 50.9 Å². The molecule has 0 spiro atoms. The van der Waals surface area contributed by atoms with Crippen LogP contribution in [0, 0.1) is 0 Å². The molecule has 0 radical (unpaired) electrons. The van der Waals surface area contributed by atoms with Crippen LogP contribution in [0.25, 0.3) is 6.08 Å². The number of halogens is 1. The van der Waals surface area contributed by atoms with Crippen molar-refractivity contribution < 1.29 is 4.79 Å². The van der Waals surface area contributed by atoms with E-state index < -0.39 is 0 Å². The summed E-state index contributed by atoms with van der Waals surface area (Å²) in [5.41, 5.74) is 3.19. The molecular formula is C17H17BrN4OS. The third-order valence-electron chi connectivity index (χ3n) is 3.91. The minimum atomic E-state index is -0.156. The Morgan fingerprint density at radius 1 is 1.33 bits per heavy atom. The summed E-state index contributed by atoms with van der Waals surface area (Å²) in [4.78, 5) is 14.4. The number of aromatic nitrogens is 2. The number of amides is 1. The van der Waals surface area contributed by atoms with Gasteiger partial charge in [-0.05, 0) is 59.2 Å². The number of nitrogens with zero attached hydrogens (tertiary/aromatic N) is 3. The Hall–Kier alpha value is -1.99. The van der Waals surface area contributed by atoms with Gasteiger partial charge < -0.3 is 5.32 Å². The molecule has 1 aliphatic heterocycles. The minimum absolute atomic E-state index is 0.156. The molecule has 7 heteroatoms. The van der Waals surface area contributed by atoms with E-state index in [0.29, 0.717) is 17.4 Å². The Bertz CT molecular complexity index is 843. The Morgan fingerprint density at radius 2 is 2.08 bits per heavy atom. The van der Waals surface area contributed by atoms with Gasteiger partial charge in [-0.2, -0.15) is 5.10 Å². The average Bonchev–Trinajstić information content (AvgIpc) is 3.08. The van der Waals surface area contributed by atoms with Crippen molar-refractivity contribution in [3.05, 3.63) is 51.9 Å². The highest BCUT2D eigenvalue weighted by Crippen LogP contribution is 2.27. The van der Waals surface area contributed by atoms with Crippen LogP contribution >= 0.6 is 28.1 Å². The number of aryl methyl sites for hydroxylation is 2. The van der Waals surface area contributed by atoms with E-state index in [4.69, 9.17) is 12.2 Å². The largest absolute Gasteiger partial charge is 0.327 e. The molecule has 1 N–H and O–H groups in total. The first-order valence-corrected chi connectivity index (χ1v) is 8.93. The fraction of sp³-hybridized carbons (Fsp3) is 0.235. The minimum Gasteiger partial charge on any atom is -0.327 e. The molecule has 0 saturated carbocycles. The predicted octanol–water partition coefficient (Wildman–Crippen LogP) is 3.49. The maximum Gasteiger partial charge on any atom is 0.281 e. The van der Waals surface area contributed by atoms with Crippen molar-refractivity contribution in [2.75, 3.05) is 4.90 Å². The lowest BCUT2D eigenvalue weighted by molar-refractivity contribution is -0.113. The van der Waals surface area contributed by atoms with Gasteiger partial charge in [-0.15, -0.1) is 0 Å².